The van der Waals surface area contributed by atoms with Gasteiger partial charge in [-0.25, -0.2) is 8.42 Å². The smallest absolute Gasteiger partial charge is 0.376 e. The molecule has 3 unspecified atom stereocenters. The van der Waals surface area contributed by atoms with E-state index in [1.807, 2.05) is 18.7 Å². The molecule has 1 amide bonds. The average molecular weight is 575 g/mol. The van der Waals surface area contributed by atoms with Crippen molar-refractivity contribution in [1.29, 1.82) is 0 Å². The molecular formula is C25H33F3N4O4S2. The molecular weight excluding hydrogens is 541 g/mol. The predicted molar refractivity (Wildman–Crippen MR) is 139 cm³/mol. The van der Waals surface area contributed by atoms with Crippen LogP contribution in [0.5, 0.6) is 0 Å². The van der Waals surface area contributed by atoms with Crippen LogP contribution < -0.4 is 10.2 Å². The molecule has 8 nitrogen and oxygen atoms in total. The number of alkyl halides is 3. The number of halogens is 3. The molecule has 38 heavy (non-hydrogen) atoms. The number of hydrogen-bond donors (Lipinski definition) is 2. The molecule has 0 bridgehead atoms. The van der Waals surface area contributed by atoms with Gasteiger partial charge < -0.3 is 15.3 Å². The van der Waals surface area contributed by atoms with Gasteiger partial charge in [0.1, 0.15) is 4.21 Å². The Labute approximate surface area is 225 Å². The topological polar surface area (TPSA) is 93.2 Å². The summed E-state index contributed by atoms with van der Waals surface area (Å²) in [6, 6.07) is 8.06. The van der Waals surface area contributed by atoms with E-state index in [9.17, 15) is 31.5 Å². The molecule has 0 radical (unpaired) electrons. The Morgan fingerprint density at radius 2 is 1.82 bits per heavy atom. The SMILES string of the molecule is CC(C)C1C(=O)NCCN1CC1CN(S(=O)(=O)c2cccs2)CCN1c1ccc(C(C)(O)C(F)(F)F)cc1. The molecule has 2 aliphatic rings. The van der Waals surface area contributed by atoms with Crippen molar-refractivity contribution in [3.63, 3.8) is 0 Å². The maximum Gasteiger partial charge on any atom is 0.421 e. The molecule has 3 heterocycles. The second kappa shape index (κ2) is 10.8. The van der Waals surface area contributed by atoms with Crippen molar-refractivity contribution >= 4 is 33.0 Å². The number of rotatable bonds is 7. The monoisotopic (exact) mass is 574 g/mol. The number of sulfonamides is 1. The Hall–Kier alpha value is -2.19. The number of anilines is 1. The summed E-state index contributed by atoms with van der Waals surface area (Å²) >= 11 is 1.15. The summed E-state index contributed by atoms with van der Waals surface area (Å²) in [7, 11) is -3.71. The Bertz CT molecular complexity index is 1220. The first kappa shape index (κ1) is 28.8. The number of aliphatic hydroxyl groups is 1. The van der Waals surface area contributed by atoms with Gasteiger partial charge in [-0.3, -0.25) is 9.69 Å². The van der Waals surface area contributed by atoms with E-state index >= 15 is 0 Å². The lowest BCUT2D eigenvalue weighted by molar-refractivity contribution is -0.258. The van der Waals surface area contributed by atoms with Gasteiger partial charge in [0.2, 0.25) is 5.91 Å². The first-order valence-electron chi connectivity index (χ1n) is 12.4. The second-order valence-electron chi connectivity index (χ2n) is 10.2. The fraction of sp³-hybridized carbons (Fsp3) is 0.560. The van der Waals surface area contributed by atoms with Crippen LogP contribution in [0.3, 0.4) is 0 Å². The number of thiophene rings is 1. The fourth-order valence-electron chi connectivity index (χ4n) is 5.15. The maximum atomic E-state index is 13.3. The number of benzene rings is 1. The van der Waals surface area contributed by atoms with Crippen molar-refractivity contribution in [3.05, 3.63) is 47.3 Å². The zero-order chi connectivity index (χ0) is 27.9. The van der Waals surface area contributed by atoms with Crippen LogP contribution in [0.15, 0.2) is 46.0 Å². The molecule has 4 rings (SSSR count). The van der Waals surface area contributed by atoms with E-state index in [1.54, 1.807) is 17.5 Å². The quantitative estimate of drug-likeness (QED) is 0.529. The molecule has 2 fully saturated rings. The minimum absolute atomic E-state index is 0.0298. The first-order valence-corrected chi connectivity index (χ1v) is 14.8. The zero-order valence-electron chi connectivity index (χ0n) is 21.5. The zero-order valence-corrected chi connectivity index (χ0v) is 23.1. The van der Waals surface area contributed by atoms with Gasteiger partial charge in [0.15, 0.2) is 5.60 Å². The molecule has 1 aromatic heterocycles. The van der Waals surface area contributed by atoms with E-state index in [4.69, 9.17) is 0 Å². The predicted octanol–water partition coefficient (Wildman–Crippen LogP) is 2.85. The molecule has 3 atom stereocenters. The molecule has 0 aliphatic carbocycles. The van der Waals surface area contributed by atoms with Crippen LogP contribution in [0, 0.1) is 5.92 Å². The number of carbonyl (C=O) groups is 1. The Kier molecular flexibility index (Phi) is 8.16. The molecule has 0 saturated carbocycles. The van der Waals surface area contributed by atoms with Gasteiger partial charge >= 0.3 is 6.18 Å². The lowest BCUT2D eigenvalue weighted by Crippen LogP contribution is -2.63. The van der Waals surface area contributed by atoms with Crippen LogP contribution in [0.4, 0.5) is 18.9 Å². The number of nitrogens with one attached hydrogen (secondary N) is 1. The molecule has 2 saturated heterocycles. The average Bonchev–Trinajstić information content (AvgIpc) is 3.39. The summed E-state index contributed by atoms with van der Waals surface area (Å²) in [5.41, 5.74) is -2.66. The van der Waals surface area contributed by atoms with Gasteiger partial charge in [0, 0.05) is 45.0 Å². The van der Waals surface area contributed by atoms with Crippen molar-refractivity contribution in [2.24, 2.45) is 5.92 Å². The van der Waals surface area contributed by atoms with Gasteiger partial charge in [0.05, 0.1) is 12.1 Å². The van der Waals surface area contributed by atoms with Gasteiger partial charge in [-0.15, -0.1) is 11.3 Å². The summed E-state index contributed by atoms with van der Waals surface area (Å²) in [5.74, 6) is -0.0439. The summed E-state index contributed by atoms with van der Waals surface area (Å²) in [6.45, 7) is 6.78. The van der Waals surface area contributed by atoms with E-state index in [0.29, 0.717) is 38.8 Å². The van der Waals surface area contributed by atoms with E-state index in [1.165, 1.54) is 28.6 Å². The third kappa shape index (κ3) is 5.57. The second-order valence-corrected chi connectivity index (χ2v) is 13.3. The first-order chi connectivity index (χ1) is 17.7. The van der Waals surface area contributed by atoms with Gasteiger partial charge in [0.25, 0.3) is 10.0 Å². The molecule has 0 spiro atoms. The summed E-state index contributed by atoms with van der Waals surface area (Å²) in [5, 5.41) is 14.7. The van der Waals surface area contributed by atoms with Crippen LogP contribution in [-0.2, 0) is 20.4 Å². The van der Waals surface area contributed by atoms with Gasteiger partial charge in [-0.05, 0) is 42.0 Å². The third-order valence-electron chi connectivity index (χ3n) is 7.28. The van der Waals surface area contributed by atoms with Crippen molar-refractivity contribution in [1.82, 2.24) is 14.5 Å². The lowest BCUT2D eigenvalue weighted by Gasteiger charge is -2.46. The normalized spacial score (nSPS) is 23.9. The molecule has 2 aromatic rings. The standard InChI is InChI=1S/C25H33F3N4O4S2/c1-17(2)22-23(33)29-10-11-30(22)15-20-16-31(38(35,36)21-5-4-14-37-21)12-13-32(20)19-8-6-18(7-9-19)24(3,34)25(26,27)28/h4-9,14,17,20,22,34H,10-13,15-16H2,1-3H3,(H,29,33). The minimum Gasteiger partial charge on any atom is -0.376 e. The van der Waals surface area contributed by atoms with E-state index in [0.717, 1.165) is 11.3 Å². The van der Waals surface area contributed by atoms with Gasteiger partial charge in [-0.2, -0.15) is 17.5 Å². The van der Waals surface area contributed by atoms with Crippen molar-refractivity contribution in [2.75, 3.05) is 44.2 Å². The molecule has 210 valence electrons. The number of amides is 1. The Morgan fingerprint density at radius 3 is 2.39 bits per heavy atom. The fourth-order valence-corrected chi connectivity index (χ4v) is 7.77. The van der Waals surface area contributed by atoms with E-state index < -0.39 is 21.8 Å². The maximum absolute atomic E-state index is 13.3. The highest BCUT2D eigenvalue weighted by Gasteiger charge is 2.51. The lowest BCUT2D eigenvalue weighted by atomic mass is 9.95. The molecule has 2 aliphatic heterocycles. The van der Waals surface area contributed by atoms with Crippen molar-refractivity contribution in [2.45, 2.75) is 48.8 Å². The number of piperazine rings is 2. The van der Waals surface area contributed by atoms with Crippen LogP contribution in [0.2, 0.25) is 0 Å². The Morgan fingerprint density at radius 1 is 1.13 bits per heavy atom. The summed E-state index contributed by atoms with van der Waals surface area (Å²) in [4.78, 5) is 16.7. The van der Waals surface area contributed by atoms with E-state index in [2.05, 4.69) is 10.2 Å². The highest BCUT2D eigenvalue weighted by atomic mass is 32.2. The largest absolute Gasteiger partial charge is 0.421 e. The Balaban J connectivity index is 1.64. The van der Waals surface area contributed by atoms with Crippen LogP contribution in [0.1, 0.15) is 26.3 Å². The third-order valence-corrected chi connectivity index (χ3v) is 10.5. The molecule has 13 heteroatoms. The highest BCUT2D eigenvalue weighted by Crippen LogP contribution is 2.39. The van der Waals surface area contributed by atoms with Gasteiger partial charge in [-0.1, -0.05) is 32.0 Å². The van der Waals surface area contributed by atoms with Crippen LogP contribution in [-0.4, -0.2) is 86.2 Å². The molecule has 1 aromatic carbocycles. The summed E-state index contributed by atoms with van der Waals surface area (Å²) in [6.07, 6.45) is -4.83. The number of hydrogen-bond acceptors (Lipinski definition) is 7. The van der Waals surface area contributed by atoms with Crippen LogP contribution >= 0.6 is 11.3 Å². The van der Waals surface area contributed by atoms with Crippen molar-refractivity contribution < 1.29 is 31.5 Å². The number of carbonyl (C=O) groups excluding carboxylic acids is 1. The van der Waals surface area contributed by atoms with Crippen molar-refractivity contribution in [3.8, 4) is 0 Å². The number of nitrogens with zero attached hydrogens (tertiary/aromatic N) is 3. The highest BCUT2D eigenvalue weighted by molar-refractivity contribution is 7.91. The molecule has 2 N–H and O–H groups in total. The van der Waals surface area contributed by atoms with Crippen LogP contribution in [0.25, 0.3) is 0 Å². The minimum atomic E-state index is -4.83. The summed E-state index contributed by atoms with van der Waals surface area (Å²) < 4.78 is 68.3. The van der Waals surface area contributed by atoms with E-state index in [-0.39, 0.29) is 46.8 Å².